The van der Waals surface area contributed by atoms with Crippen molar-refractivity contribution in [3.05, 3.63) is 59.7 Å². The van der Waals surface area contributed by atoms with Crippen molar-refractivity contribution in [2.24, 2.45) is 0 Å². The second-order valence-electron chi connectivity index (χ2n) is 6.18. The highest BCUT2D eigenvalue weighted by Gasteiger charge is 2.32. The Kier molecular flexibility index (Phi) is 6.59. The molecule has 140 valence electrons. The Balaban J connectivity index is 2.42. The molecule has 0 aromatic heterocycles. The van der Waals surface area contributed by atoms with E-state index in [1.54, 1.807) is 58.5 Å². The molecule has 0 unspecified atom stereocenters. The smallest absolute Gasteiger partial charge is 0.394 e. The van der Waals surface area contributed by atoms with Crippen LogP contribution >= 0.6 is 7.67 Å². The second-order valence-corrected chi connectivity index (χ2v) is 8.94. The van der Waals surface area contributed by atoms with Crippen LogP contribution in [0.25, 0.3) is 0 Å². The lowest BCUT2D eigenvalue weighted by Gasteiger charge is -2.30. The van der Waals surface area contributed by atoms with Crippen LogP contribution in [0, 0.1) is 0 Å². The van der Waals surface area contributed by atoms with Gasteiger partial charge in [0.05, 0.1) is 7.11 Å². The molecule has 0 aliphatic rings. The topological polar surface area (TPSA) is 59.1 Å². The molecule has 0 saturated heterocycles. The quantitative estimate of drug-likeness (QED) is 0.517. The Morgan fingerprint density at radius 3 is 2.04 bits per heavy atom. The number of nitrogens with zero attached hydrogens (tertiary/aromatic N) is 2. The number of hydrogen-bond acceptors (Lipinski definition) is 4. The average molecular weight is 376 g/mol. The lowest BCUT2D eigenvalue weighted by molar-refractivity contribution is 0.0991. The third-order valence-electron chi connectivity index (χ3n) is 3.97. The Hall–Kier alpha value is -2.14. The van der Waals surface area contributed by atoms with Crippen LogP contribution in [0.15, 0.2) is 48.5 Å². The van der Waals surface area contributed by atoms with Gasteiger partial charge in [0, 0.05) is 17.5 Å². The summed E-state index contributed by atoms with van der Waals surface area (Å²) < 4.78 is 27.6. The molecule has 0 aliphatic carbocycles. The number of Topliss-reactive ketones (excluding diaryl/α,β-unsaturated/α-hetero) is 1. The number of methoxy groups -OCH3 is 1. The van der Waals surface area contributed by atoms with E-state index in [0.717, 1.165) is 0 Å². The van der Waals surface area contributed by atoms with Crippen LogP contribution in [0.5, 0.6) is 11.5 Å². The number of benzene rings is 2. The first-order valence-electron chi connectivity index (χ1n) is 8.19. The number of hydrogen-bond donors (Lipinski definition) is 0. The molecule has 0 aliphatic heterocycles. The lowest BCUT2D eigenvalue weighted by Crippen LogP contribution is -2.25. The molecule has 2 rings (SSSR count). The minimum Gasteiger partial charge on any atom is -0.496 e. The van der Waals surface area contributed by atoms with Crippen molar-refractivity contribution in [3.8, 4) is 11.5 Å². The molecule has 6 nitrogen and oxygen atoms in total. The minimum atomic E-state index is -3.26. The molecule has 2 aromatic carbocycles. The van der Waals surface area contributed by atoms with E-state index in [9.17, 15) is 9.36 Å². The Bertz CT molecular complexity index is 794. The van der Waals surface area contributed by atoms with Gasteiger partial charge in [-0.25, -0.2) is 13.9 Å². The fraction of sp³-hybridized carbons (Fsp3) is 0.316. The average Bonchev–Trinajstić information content (AvgIpc) is 2.63. The maximum Gasteiger partial charge on any atom is 0.394 e. The molecule has 26 heavy (non-hydrogen) atoms. The zero-order chi connectivity index (χ0) is 19.3. The SMILES string of the molecule is COc1cccc(OP(=O)(N(C)C)N(C)C)c1CC(=O)c1ccccc1. The molecule has 0 radical (unpaired) electrons. The third kappa shape index (κ3) is 4.33. The summed E-state index contributed by atoms with van der Waals surface area (Å²) in [7, 11) is 5.04. The molecular formula is C19H25N2O4P. The summed E-state index contributed by atoms with van der Waals surface area (Å²) in [4.78, 5) is 12.7. The van der Waals surface area contributed by atoms with E-state index in [4.69, 9.17) is 9.26 Å². The van der Waals surface area contributed by atoms with Crippen molar-refractivity contribution in [1.82, 2.24) is 9.34 Å². The fourth-order valence-corrected chi connectivity index (χ4v) is 4.00. The zero-order valence-corrected chi connectivity index (χ0v) is 16.7. The van der Waals surface area contributed by atoms with Gasteiger partial charge in [-0.1, -0.05) is 36.4 Å². The normalized spacial score (nSPS) is 11.7. The molecule has 0 spiro atoms. The number of rotatable bonds is 8. The first-order chi connectivity index (χ1) is 12.3. The van der Waals surface area contributed by atoms with Gasteiger partial charge in [0.15, 0.2) is 5.78 Å². The standard InChI is InChI=1S/C19H25N2O4P/c1-20(2)26(23,21(3)4)25-19-13-9-12-18(24-5)16(19)14-17(22)15-10-7-6-8-11-15/h6-13H,14H2,1-5H3. The van der Waals surface area contributed by atoms with Gasteiger partial charge in [0.25, 0.3) is 0 Å². The predicted octanol–water partition coefficient (Wildman–Crippen LogP) is 3.73. The van der Waals surface area contributed by atoms with Crippen LogP contribution in [0.3, 0.4) is 0 Å². The van der Waals surface area contributed by atoms with E-state index in [0.29, 0.717) is 22.6 Å². The van der Waals surface area contributed by atoms with Crippen LogP contribution in [-0.2, 0) is 11.0 Å². The number of ether oxygens (including phenoxy) is 1. The fourth-order valence-electron chi connectivity index (χ4n) is 2.53. The van der Waals surface area contributed by atoms with Gasteiger partial charge in [-0.15, -0.1) is 0 Å². The van der Waals surface area contributed by atoms with E-state index in [2.05, 4.69) is 0 Å². The van der Waals surface area contributed by atoms with Crippen LogP contribution < -0.4 is 9.26 Å². The molecule has 0 N–H and O–H groups in total. The van der Waals surface area contributed by atoms with Crippen LogP contribution in [0.1, 0.15) is 15.9 Å². The summed E-state index contributed by atoms with van der Waals surface area (Å²) in [6, 6.07) is 14.2. The van der Waals surface area contributed by atoms with Crippen molar-refractivity contribution in [1.29, 1.82) is 0 Å². The van der Waals surface area contributed by atoms with Gasteiger partial charge in [-0.2, -0.15) is 0 Å². The molecule has 0 saturated carbocycles. The van der Waals surface area contributed by atoms with Crippen molar-refractivity contribution >= 4 is 13.5 Å². The van der Waals surface area contributed by atoms with Crippen molar-refractivity contribution < 1.29 is 18.6 Å². The number of carbonyl (C=O) groups excluding carboxylic acids is 1. The van der Waals surface area contributed by atoms with E-state index in [1.807, 2.05) is 18.2 Å². The minimum absolute atomic E-state index is 0.0653. The summed E-state index contributed by atoms with van der Waals surface area (Å²) in [5.41, 5.74) is 1.18. The van der Waals surface area contributed by atoms with Gasteiger partial charge in [0.1, 0.15) is 11.5 Å². The molecule has 0 heterocycles. The highest BCUT2D eigenvalue weighted by molar-refractivity contribution is 7.54. The summed E-state index contributed by atoms with van der Waals surface area (Å²) in [5.74, 6) is 0.833. The monoisotopic (exact) mass is 376 g/mol. The van der Waals surface area contributed by atoms with Crippen molar-refractivity contribution in [2.45, 2.75) is 6.42 Å². The highest BCUT2D eigenvalue weighted by Crippen LogP contribution is 2.51. The summed E-state index contributed by atoms with van der Waals surface area (Å²) in [6.45, 7) is 0. The molecule has 7 heteroatoms. The lowest BCUT2D eigenvalue weighted by atomic mass is 10.0. The summed E-state index contributed by atoms with van der Waals surface area (Å²) >= 11 is 0. The predicted molar refractivity (Wildman–Crippen MR) is 103 cm³/mol. The van der Waals surface area contributed by atoms with Crippen LogP contribution in [0.2, 0.25) is 0 Å². The second kappa shape index (κ2) is 8.49. The van der Waals surface area contributed by atoms with E-state index in [1.165, 1.54) is 16.5 Å². The Morgan fingerprint density at radius 1 is 0.923 bits per heavy atom. The zero-order valence-electron chi connectivity index (χ0n) is 15.8. The number of ketones is 1. The molecule has 0 bridgehead atoms. The third-order valence-corrected chi connectivity index (χ3v) is 6.43. The molecular weight excluding hydrogens is 351 g/mol. The number of carbonyl (C=O) groups is 1. The molecule has 0 atom stereocenters. The Morgan fingerprint density at radius 2 is 1.50 bits per heavy atom. The maximum absolute atomic E-state index is 13.2. The van der Waals surface area contributed by atoms with E-state index < -0.39 is 7.67 Å². The van der Waals surface area contributed by atoms with Gasteiger partial charge >= 0.3 is 7.67 Å². The van der Waals surface area contributed by atoms with Crippen LogP contribution in [0.4, 0.5) is 0 Å². The van der Waals surface area contributed by atoms with E-state index in [-0.39, 0.29) is 12.2 Å². The van der Waals surface area contributed by atoms with Crippen molar-refractivity contribution in [2.75, 3.05) is 35.3 Å². The highest BCUT2D eigenvalue weighted by atomic mass is 31.2. The summed E-state index contributed by atoms with van der Waals surface area (Å²) in [6.07, 6.45) is 0.0875. The van der Waals surface area contributed by atoms with Gasteiger partial charge in [-0.05, 0) is 40.3 Å². The van der Waals surface area contributed by atoms with Crippen LogP contribution in [-0.4, -0.2) is 50.4 Å². The molecule has 2 aromatic rings. The van der Waals surface area contributed by atoms with Gasteiger partial charge < -0.3 is 9.26 Å². The first kappa shape index (κ1) is 20.2. The van der Waals surface area contributed by atoms with E-state index >= 15 is 0 Å². The van der Waals surface area contributed by atoms with Gasteiger partial charge in [-0.3, -0.25) is 4.79 Å². The largest absolute Gasteiger partial charge is 0.496 e. The molecule has 0 amide bonds. The van der Waals surface area contributed by atoms with Gasteiger partial charge in [0.2, 0.25) is 0 Å². The van der Waals surface area contributed by atoms with Crippen molar-refractivity contribution in [3.63, 3.8) is 0 Å². The maximum atomic E-state index is 13.2. The first-order valence-corrected chi connectivity index (χ1v) is 9.72. The summed E-state index contributed by atoms with van der Waals surface area (Å²) in [5, 5.41) is 0. The molecule has 0 fully saturated rings. The Labute approximate surface area is 154 Å².